The van der Waals surface area contributed by atoms with Crippen LogP contribution in [-0.4, -0.2) is 49.1 Å². The predicted octanol–water partition coefficient (Wildman–Crippen LogP) is 1.61. The minimum absolute atomic E-state index is 0.0685. The summed E-state index contributed by atoms with van der Waals surface area (Å²) in [6, 6.07) is 6.96. The van der Waals surface area contributed by atoms with E-state index < -0.39 is 0 Å². The van der Waals surface area contributed by atoms with Gasteiger partial charge in [-0.05, 0) is 44.0 Å². The van der Waals surface area contributed by atoms with Gasteiger partial charge in [-0.3, -0.25) is 9.69 Å². The minimum atomic E-state index is -0.206. The molecule has 4 nitrogen and oxygen atoms in total. The van der Waals surface area contributed by atoms with E-state index in [9.17, 15) is 9.18 Å². The summed E-state index contributed by atoms with van der Waals surface area (Å²) >= 11 is 0. The zero-order chi connectivity index (χ0) is 14.8. The molecule has 0 bridgehead atoms. The molecule has 1 saturated carbocycles. The lowest BCUT2D eigenvalue weighted by Crippen LogP contribution is -2.54. The van der Waals surface area contributed by atoms with Crippen LogP contribution in [0.2, 0.25) is 0 Å². The first-order valence-corrected chi connectivity index (χ1v) is 7.68. The van der Waals surface area contributed by atoms with Gasteiger partial charge in [-0.2, -0.15) is 0 Å². The van der Waals surface area contributed by atoms with Crippen LogP contribution in [0.5, 0.6) is 0 Å². The topological polar surface area (TPSA) is 35.6 Å². The van der Waals surface area contributed by atoms with E-state index in [-0.39, 0.29) is 17.8 Å². The number of nitrogens with zero attached hydrogens (tertiary/aromatic N) is 2. The van der Waals surface area contributed by atoms with Crippen LogP contribution in [0.4, 0.5) is 10.1 Å². The summed E-state index contributed by atoms with van der Waals surface area (Å²) < 4.78 is 12.9. The molecule has 1 heterocycles. The predicted molar refractivity (Wildman–Crippen MR) is 80.8 cm³/mol. The normalized spacial score (nSPS) is 21.1. The van der Waals surface area contributed by atoms with Crippen LogP contribution in [0.25, 0.3) is 0 Å². The summed E-state index contributed by atoms with van der Waals surface area (Å²) in [6.07, 6.45) is 2.24. The molecule has 0 radical (unpaired) electrons. The highest BCUT2D eigenvalue weighted by Gasteiger charge is 2.29. The first-order chi connectivity index (χ1) is 10.1. The van der Waals surface area contributed by atoms with Crippen molar-refractivity contribution in [3.63, 3.8) is 0 Å². The summed E-state index contributed by atoms with van der Waals surface area (Å²) in [7, 11) is 0. The second kappa shape index (κ2) is 6.02. The van der Waals surface area contributed by atoms with Crippen LogP contribution >= 0.6 is 0 Å². The summed E-state index contributed by atoms with van der Waals surface area (Å²) in [5.74, 6) is -0.0597. The van der Waals surface area contributed by atoms with Crippen LogP contribution in [0.1, 0.15) is 19.8 Å². The quantitative estimate of drug-likeness (QED) is 0.915. The summed E-state index contributed by atoms with van der Waals surface area (Å²) in [4.78, 5) is 16.5. The van der Waals surface area contributed by atoms with Crippen LogP contribution in [0.3, 0.4) is 0 Å². The Bertz CT molecular complexity index is 493. The molecule has 0 unspecified atom stereocenters. The Hall–Kier alpha value is -1.62. The summed E-state index contributed by atoms with van der Waals surface area (Å²) in [5, 5.41) is 3.06. The molecule has 2 aliphatic rings. The summed E-state index contributed by atoms with van der Waals surface area (Å²) in [6.45, 7) is 5.43. The van der Waals surface area contributed by atoms with E-state index in [0.29, 0.717) is 6.04 Å². The van der Waals surface area contributed by atoms with Crippen molar-refractivity contribution in [1.29, 1.82) is 0 Å². The number of halogens is 1. The number of hydrogen-bond donors (Lipinski definition) is 1. The maximum Gasteiger partial charge on any atom is 0.237 e. The van der Waals surface area contributed by atoms with Gasteiger partial charge in [0.25, 0.3) is 0 Å². The van der Waals surface area contributed by atoms with E-state index in [1.807, 2.05) is 19.1 Å². The van der Waals surface area contributed by atoms with E-state index in [2.05, 4.69) is 15.1 Å². The maximum atomic E-state index is 12.9. The Balaban J connectivity index is 1.52. The molecule has 0 aromatic heterocycles. The van der Waals surface area contributed by atoms with Crippen molar-refractivity contribution in [2.45, 2.75) is 31.8 Å². The molecular formula is C16H22FN3O. The molecule has 1 aromatic rings. The molecule has 1 saturated heterocycles. The molecule has 1 N–H and O–H groups in total. The van der Waals surface area contributed by atoms with Gasteiger partial charge >= 0.3 is 0 Å². The third kappa shape index (κ3) is 3.53. The van der Waals surface area contributed by atoms with Crippen molar-refractivity contribution in [2.24, 2.45) is 0 Å². The van der Waals surface area contributed by atoms with Gasteiger partial charge in [-0.25, -0.2) is 4.39 Å². The van der Waals surface area contributed by atoms with Crippen LogP contribution in [0, 0.1) is 5.82 Å². The van der Waals surface area contributed by atoms with Crippen molar-refractivity contribution in [1.82, 2.24) is 10.2 Å². The van der Waals surface area contributed by atoms with E-state index in [4.69, 9.17) is 0 Å². The fourth-order valence-corrected chi connectivity index (χ4v) is 2.73. The molecule has 1 aromatic carbocycles. The Kier molecular flexibility index (Phi) is 4.10. The van der Waals surface area contributed by atoms with Crippen molar-refractivity contribution >= 4 is 11.6 Å². The molecule has 1 aliphatic carbocycles. The van der Waals surface area contributed by atoms with Crippen LogP contribution in [0.15, 0.2) is 24.3 Å². The number of nitrogens with one attached hydrogen (secondary N) is 1. The highest BCUT2D eigenvalue weighted by Crippen LogP contribution is 2.20. The smallest absolute Gasteiger partial charge is 0.237 e. The standard InChI is InChI=1S/C16H22FN3O/c1-12(16(21)18-14-4-5-14)19-8-10-20(11-9-19)15-6-2-13(17)3-7-15/h2-3,6-7,12,14H,4-5,8-11H2,1H3,(H,18,21)/t12-/m0/s1. The Labute approximate surface area is 124 Å². The monoisotopic (exact) mass is 291 g/mol. The number of piperazine rings is 1. The molecule has 1 atom stereocenters. The fourth-order valence-electron chi connectivity index (χ4n) is 2.73. The number of hydrogen-bond acceptors (Lipinski definition) is 3. The fraction of sp³-hybridized carbons (Fsp3) is 0.562. The second-order valence-corrected chi connectivity index (χ2v) is 5.96. The molecule has 2 fully saturated rings. The average Bonchev–Trinajstić information content (AvgIpc) is 3.31. The summed E-state index contributed by atoms with van der Waals surface area (Å²) in [5.41, 5.74) is 1.05. The van der Waals surface area contributed by atoms with Gasteiger partial charge in [0, 0.05) is 37.9 Å². The van der Waals surface area contributed by atoms with E-state index in [1.165, 1.54) is 12.1 Å². The largest absolute Gasteiger partial charge is 0.369 e. The molecule has 0 spiro atoms. The average molecular weight is 291 g/mol. The molecule has 5 heteroatoms. The molecule has 1 amide bonds. The first-order valence-electron chi connectivity index (χ1n) is 7.68. The second-order valence-electron chi connectivity index (χ2n) is 5.96. The van der Waals surface area contributed by atoms with Crippen LogP contribution < -0.4 is 10.2 Å². The molecule has 3 rings (SSSR count). The van der Waals surface area contributed by atoms with Gasteiger partial charge in [0.15, 0.2) is 0 Å². The van der Waals surface area contributed by atoms with Gasteiger partial charge in [-0.1, -0.05) is 0 Å². The minimum Gasteiger partial charge on any atom is -0.369 e. The molecule has 21 heavy (non-hydrogen) atoms. The van der Waals surface area contributed by atoms with E-state index in [0.717, 1.165) is 44.7 Å². The molecule has 1 aliphatic heterocycles. The zero-order valence-corrected chi connectivity index (χ0v) is 12.4. The third-order valence-electron chi connectivity index (χ3n) is 4.36. The van der Waals surface area contributed by atoms with Crippen LogP contribution in [-0.2, 0) is 4.79 Å². The van der Waals surface area contributed by atoms with Crippen molar-refractivity contribution in [3.05, 3.63) is 30.1 Å². The first kappa shape index (κ1) is 14.3. The Morgan fingerprint density at radius 3 is 2.38 bits per heavy atom. The third-order valence-corrected chi connectivity index (χ3v) is 4.36. The van der Waals surface area contributed by atoms with Gasteiger partial charge in [-0.15, -0.1) is 0 Å². The van der Waals surface area contributed by atoms with Crippen molar-refractivity contribution in [3.8, 4) is 0 Å². The molecule has 114 valence electrons. The zero-order valence-electron chi connectivity index (χ0n) is 12.4. The van der Waals surface area contributed by atoms with Gasteiger partial charge in [0.1, 0.15) is 5.82 Å². The number of amides is 1. The van der Waals surface area contributed by atoms with Gasteiger partial charge < -0.3 is 10.2 Å². The molecular weight excluding hydrogens is 269 g/mol. The SMILES string of the molecule is C[C@@H](C(=O)NC1CC1)N1CCN(c2ccc(F)cc2)CC1. The number of benzene rings is 1. The highest BCUT2D eigenvalue weighted by molar-refractivity contribution is 5.81. The number of carbonyl (C=O) groups is 1. The lowest BCUT2D eigenvalue weighted by atomic mass is 10.2. The Morgan fingerprint density at radius 2 is 1.81 bits per heavy atom. The lowest BCUT2D eigenvalue weighted by Gasteiger charge is -2.38. The number of rotatable bonds is 4. The van der Waals surface area contributed by atoms with Crippen molar-refractivity contribution < 1.29 is 9.18 Å². The number of carbonyl (C=O) groups excluding carboxylic acids is 1. The van der Waals surface area contributed by atoms with Crippen molar-refractivity contribution in [2.75, 3.05) is 31.1 Å². The lowest BCUT2D eigenvalue weighted by molar-refractivity contribution is -0.126. The van der Waals surface area contributed by atoms with Gasteiger partial charge in [0.05, 0.1) is 6.04 Å². The Morgan fingerprint density at radius 1 is 1.19 bits per heavy atom. The van der Waals surface area contributed by atoms with Gasteiger partial charge in [0.2, 0.25) is 5.91 Å². The van der Waals surface area contributed by atoms with E-state index in [1.54, 1.807) is 0 Å². The maximum absolute atomic E-state index is 12.9. The van der Waals surface area contributed by atoms with E-state index >= 15 is 0 Å². The number of anilines is 1. The highest BCUT2D eigenvalue weighted by atomic mass is 19.1.